The van der Waals surface area contributed by atoms with Gasteiger partial charge >= 0.3 is 0 Å². The van der Waals surface area contributed by atoms with E-state index >= 15 is 0 Å². The predicted molar refractivity (Wildman–Crippen MR) is 112 cm³/mol. The molecule has 2 aromatic heterocycles. The Kier molecular flexibility index (Phi) is 5.80. The number of aromatic nitrogens is 3. The summed E-state index contributed by atoms with van der Waals surface area (Å²) in [5.41, 5.74) is 2.37. The largest absolute Gasteiger partial charge is 0.324 e. The number of aromatic amines is 1. The summed E-state index contributed by atoms with van der Waals surface area (Å²) in [7, 11) is 2.17. The maximum absolute atomic E-state index is 12.3. The molecular formula is C20H24N6OS. The van der Waals surface area contributed by atoms with E-state index in [2.05, 4.69) is 49.5 Å². The molecular weight excluding hydrogens is 372 g/mol. The monoisotopic (exact) mass is 396 g/mol. The van der Waals surface area contributed by atoms with Crippen molar-refractivity contribution >= 4 is 23.0 Å². The van der Waals surface area contributed by atoms with Crippen LogP contribution >= 0.6 is 11.3 Å². The van der Waals surface area contributed by atoms with Crippen molar-refractivity contribution in [2.24, 2.45) is 0 Å². The van der Waals surface area contributed by atoms with E-state index in [0.717, 1.165) is 43.3 Å². The third kappa shape index (κ3) is 4.83. The van der Waals surface area contributed by atoms with E-state index < -0.39 is 0 Å². The molecule has 1 fully saturated rings. The van der Waals surface area contributed by atoms with Crippen LogP contribution in [0.2, 0.25) is 0 Å². The van der Waals surface area contributed by atoms with Gasteiger partial charge in [0, 0.05) is 49.7 Å². The lowest BCUT2D eigenvalue weighted by atomic mass is 10.2. The third-order valence-corrected chi connectivity index (χ3v) is 5.78. The number of H-pyrrole nitrogens is 1. The van der Waals surface area contributed by atoms with Gasteiger partial charge in [0.1, 0.15) is 5.69 Å². The Hall–Kier alpha value is -2.55. The van der Waals surface area contributed by atoms with Gasteiger partial charge in [-0.05, 0) is 36.2 Å². The molecule has 3 heterocycles. The Balaban J connectivity index is 1.36. The van der Waals surface area contributed by atoms with Crippen LogP contribution in [0.4, 0.5) is 11.6 Å². The van der Waals surface area contributed by atoms with Gasteiger partial charge in [-0.2, -0.15) is 0 Å². The van der Waals surface area contributed by atoms with Gasteiger partial charge in [0.2, 0.25) is 5.95 Å². The van der Waals surface area contributed by atoms with E-state index in [4.69, 9.17) is 0 Å². The zero-order chi connectivity index (χ0) is 19.3. The van der Waals surface area contributed by atoms with E-state index in [0.29, 0.717) is 18.1 Å². The number of likely N-dealkylation sites (N-methyl/N-ethyl adjacent to an activating group) is 1. The summed E-state index contributed by atoms with van der Waals surface area (Å²) in [4.78, 5) is 20.9. The molecule has 0 unspecified atom stereocenters. The first kappa shape index (κ1) is 18.8. The van der Waals surface area contributed by atoms with Crippen molar-refractivity contribution in [2.75, 3.05) is 38.5 Å². The lowest BCUT2D eigenvalue weighted by Gasteiger charge is -2.32. The molecule has 0 atom stereocenters. The molecule has 2 N–H and O–H groups in total. The highest BCUT2D eigenvalue weighted by molar-refractivity contribution is 7.09. The average Bonchev–Trinajstić information content (AvgIpc) is 3.21. The van der Waals surface area contributed by atoms with Gasteiger partial charge in [-0.3, -0.25) is 14.7 Å². The van der Waals surface area contributed by atoms with Crippen molar-refractivity contribution in [1.29, 1.82) is 0 Å². The van der Waals surface area contributed by atoms with Crippen LogP contribution in [0.5, 0.6) is 0 Å². The highest BCUT2D eigenvalue weighted by Crippen LogP contribution is 2.15. The molecule has 1 aliphatic heterocycles. The zero-order valence-electron chi connectivity index (χ0n) is 15.9. The van der Waals surface area contributed by atoms with E-state index in [1.807, 2.05) is 29.6 Å². The molecule has 8 heteroatoms. The van der Waals surface area contributed by atoms with Crippen molar-refractivity contribution in [3.8, 4) is 0 Å². The van der Waals surface area contributed by atoms with Crippen molar-refractivity contribution in [1.82, 2.24) is 25.0 Å². The number of nitrogens with zero attached hydrogens (tertiary/aromatic N) is 4. The molecule has 0 saturated carbocycles. The first-order chi connectivity index (χ1) is 13.7. The predicted octanol–water partition coefficient (Wildman–Crippen LogP) is 2.31. The highest BCUT2D eigenvalue weighted by atomic mass is 32.1. The van der Waals surface area contributed by atoms with Crippen LogP contribution in [0.1, 0.15) is 16.1 Å². The minimum absolute atomic E-state index is 0.211. The second-order valence-electron chi connectivity index (χ2n) is 7.11. The van der Waals surface area contributed by atoms with Crippen LogP contribution < -0.4 is 10.9 Å². The fourth-order valence-corrected chi connectivity index (χ4v) is 3.91. The lowest BCUT2D eigenvalue weighted by molar-refractivity contribution is 0.148. The SMILES string of the molecule is CN1CCN(Cc2ccc(Nc3nnc(Cc4cccs4)c(=O)[nH]3)cc2)CC1. The molecule has 3 aromatic rings. The Morgan fingerprint density at radius 2 is 1.89 bits per heavy atom. The van der Waals surface area contributed by atoms with Crippen LogP contribution in [0.25, 0.3) is 0 Å². The molecule has 0 aliphatic carbocycles. The summed E-state index contributed by atoms with van der Waals surface area (Å²) in [6.45, 7) is 5.40. The number of benzene rings is 1. The summed E-state index contributed by atoms with van der Waals surface area (Å²) < 4.78 is 0. The maximum atomic E-state index is 12.3. The molecule has 0 radical (unpaired) electrons. The molecule has 0 amide bonds. The molecule has 28 heavy (non-hydrogen) atoms. The standard InChI is InChI=1S/C20H24N6OS/c1-25-8-10-26(11-9-25)14-15-4-6-16(7-5-15)21-20-22-19(27)18(23-24-20)13-17-3-2-12-28-17/h2-7,12H,8-11,13-14H2,1H3,(H2,21,22,24,27). The van der Waals surface area contributed by atoms with Crippen LogP contribution in [0.15, 0.2) is 46.6 Å². The van der Waals surface area contributed by atoms with Gasteiger partial charge in [-0.25, -0.2) is 0 Å². The van der Waals surface area contributed by atoms with Crippen molar-refractivity contribution < 1.29 is 0 Å². The second-order valence-corrected chi connectivity index (χ2v) is 8.14. The van der Waals surface area contributed by atoms with E-state index in [1.165, 1.54) is 5.56 Å². The van der Waals surface area contributed by atoms with Crippen LogP contribution in [-0.2, 0) is 13.0 Å². The quantitative estimate of drug-likeness (QED) is 0.666. The Morgan fingerprint density at radius 3 is 2.57 bits per heavy atom. The number of thiophene rings is 1. The molecule has 146 valence electrons. The summed E-state index contributed by atoms with van der Waals surface area (Å²) in [6, 6.07) is 12.2. The zero-order valence-corrected chi connectivity index (χ0v) is 16.7. The first-order valence-corrected chi connectivity index (χ1v) is 10.3. The molecule has 1 saturated heterocycles. The number of anilines is 2. The van der Waals surface area contributed by atoms with Gasteiger partial charge in [0.15, 0.2) is 0 Å². The van der Waals surface area contributed by atoms with Gasteiger partial charge in [-0.15, -0.1) is 21.5 Å². The third-order valence-electron chi connectivity index (χ3n) is 4.91. The van der Waals surface area contributed by atoms with E-state index in [9.17, 15) is 4.79 Å². The average molecular weight is 397 g/mol. The number of rotatable bonds is 6. The highest BCUT2D eigenvalue weighted by Gasteiger charge is 2.13. The molecule has 4 rings (SSSR count). The molecule has 1 aliphatic rings. The minimum Gasteiger partial charge on any atom is -0.324 e. The van der Waals surface area contributed by atoms with Gasteiger partial charge in [0.25, 0.3) is 5.56 Å². The van der Waals surface area contributed by atoms with Crippen LogP contribution in [0.3, 0.4) is 0 Å². The maximum Gasteiger partial charge on any atom is 0.274 e. The summed E-state index contributed by atoms with van der Waals surface area (Å²) in [5, 5.41) is 13.3. The molecule has 0 bridgehead atoms. The van der Waals surface area contributed by atoms with E-state index in [-0.39, 0.29) is 5.56 Å². The Bertz CT molecular complexity index is 946. The van der Waals surface area contributed by atoms with Crippen LogP contribution in [-0.4, -0.2) is 58.2 Å². The number of hydrogen-bond donors (Lipinski definition) is 2. The number of hydrogen-bond acceptors (Lipinski definition) is 7. The van der Waals surface area contributed by atoms with Crippen LogP contribution in [0, 0.1) is 0 Å². The number of piperazine rings is 1. The van der Waals surface area contributed by atoms with Crippen molar-refractivity contribution in [2.45, 2.75) is 13.0 Å². The Labute approximate surface area is 168 Å². The van der Waals surface area contributed by atoms with Crippen molar-refractivity contribution in [3.63, 3.8) is 0 Å². The van der Waals surface area contributed by atoms with Crippen molar-refractivity contribution in [3.05, 3.63) is 68.3 Å². The smallest absolute Gasteiger partial charge is 0.274 e. The topological polar surface area (TPSA) is 77.2 Å². The molecule has 7 nitrogen and oxygen atoms in total. The van der Waals surface area contributed by atoms with Gasteiger partial charge in [0.05, 0.1) is 0 Å². The lowest BCUT2D eigenvalue weighted by Crippen LogP contribution is -2.43. The summed E-state index contributed by atoms with van der Waals surface area (Å²) in [6.07, 6.45) is 0.501. The minimum atomic E-state index is -0.211. The Morgan fingerprint density at radius 1 is 1.11 bits per heavy atom. The summed E-state index contributed by atoms with van der Waals surface area (Å²) in [5.74, 6) is 0.353. The first-order valence-electron chi connectivity index (χ1n) is 9.41. The fraction of sp³-hybridized carbons (Fsp3) is 0.350. The number of nitrogens with one attached hydrogen (secondary N) is 2. The summed E-state index contributed by atoms with van der Waals surface area (Å²) >= 11 is 1.61. The normalized spacial score (nSPS) is 15.6. The second kappa shape index (κ2) is 8.64. The van der Waals surface area contributed by atoms with Gasteiger partial charge < -0.3 is 10.2 Å². The molecule has 0 spiro atoms. The molecule has 1 aromatic carbocycles. The van der Waals surface area contributed by atoms with E-state index in [1.54, 1.807) is 11.3 Å². The fourth-order valence-electron chi connectivity index (χ4n) is 3.20. The van der Waals surface area contributed by atoms with Gasteiger partial charge in [-0.1, -0.05) is 18.2 Å².